The Bertz CT molecular complexity index is 1530. The maximum Gasteiger partial charge on any atom is 0.238 e. The minimum atomic E-state index is -3.80. The molecule has 0 radical (unpaired) electrons. The van der Waals surface area contributed by atoms with Crippen molar-refractivity contribution in [2.24, 2.45) is 5.14 Å². The van der Waals surface area contributed by atoms with Gasteiger partial charge in [0.05, 0.1) is 26.2 Å². The van der Waals surface area contributed by atoms with Gasteiger partial charge < -0.3 is 15.6 Å². The summed E-state index contributed by atoms with van der Waals surface area (Å²) < 4.78 is 48.5. The average Bonchev–Trinajstić information content (AvgIpc) is 3.22. The number of rotatable bonds is 7. The number of sulfone groups is 1. The monoisotopic (exact) mass is 486 g/mol. The summed E-state index contributed by atoms with van der Waals surface area (Å²) in [6.07, 6.45) is 1.70. The van der Waals surface area contributed by atoms with E-state index >= 15 is 0 Å². The SMILES string of the molecule is CC(C)S(=O)(=O)c1ccccc1Nc1nc(Nc2ccc(S(N)(=O)=O)cc2)nc2cc[nH]c12. The van der Waals surface area contributed by atoms with Gasteiger partial charge in [-0.2, -0.15) is 4.98 Å². The number of para-hydroxylation sites is 1. The molecular weight excluding hydrogens is 464 g/mol. The van der Waals surface area contributed by atoms with E-state index in [4.69, 9.17) is 5.14 Å². The zero-order valence-corrected chi connectivity index (χ0v) is 19.4. The number of aromatic nitrogens is 3. The van der Waals surface area contributed by atoms with Crippen molar-refractivity contribution in [2.75, 3.05) is 10.6 Å². The smallest absolute Gasteiger partial charge is 0.238 e. The summed E-state index contributed by atoms with van der Waals surface area (Å²) in [5, 5.41) is 10.7. The molecule has 0 atom stereocenters. The van der Waals surface area contributed by atoms with Crippen LogP contribution in [0.4, 0.5) is 23.1 Å². The summed E-state index contributed by atoms with van der Waals surface area (Å²) in [4.78, 5) is 12.2. The zero-order valence-electron chi connectivity index (χ0n) is 17.8. The van der Waals surface area contributed by atoms with E-state index in [1.165, 1.54) is 12.1 Å². The van der Waals surface area contributed by atoms with E-state index < -0.39 is 25.1 Å². The summed E-state index contributed by atoms with van der Waals surface area (Å²) in [5.74, 6) is 0.609. The van der Waals surface area contributed by atoms with Gasteiger partial charge in [0.2, 0.25) is 16.0 Å². The van der Waals surface area contributed by atoms with Gasteiger partial charge in [-0.3, -0.25) is 0 Å². The van der Waals surface area contributed by atoms with E-state index in [2.05, 4.69) is 25.6 Å². The van der Waals surface area contributed by atoms with E-state index in [9.17, 15) is 16.8 Å². The molecule has 0 amide bonds. The van der Waals surface area contributed by atoms with Crippen LogP contribution in [-0.2, 0) is 19.9 Å². The van der Waals surface area contributed by atoms with E-state index in [0.29, 0.717) is 28.2 Å². The highest BCUT2D eigenvalue weighted by molar-refractivity contribution is 7.92. The van der Waals surface area contributed by atoms with Gasteiger partial charge in [0.1, 0.15) is 5.52 Å². The normalized spacial score (nSPS) is 12.2. The Balaban J connectivity index is 1.72. The lowest BCUT2D eigenvalue weighted by Gasteiger charge is -2.15. The van der Waals surface area contributed by atoms with Crippen LogP contribution < -0.4 is 15.8 Å². The number of nitrogens with one attached hydrogen (secondary N) is 3. The van der Waals surface area contributed by atoms with E-state index in [0.717, 1.165) is 0 Å². The van der Waals surface area contributed by atoms with Crippen LogP contribution in [-0.4, -0.2) is 37.0 Å². The highest BCUT2D eigenvalue weighted by atomic mass is 32.2. The van der Waals surface area contributed by atoms with Gasteiger partial charge in [-0.1, -0.05) is 12.1 Å². The molecule has 172 valence electrons. The summed E-state index contributed by atoms with van der Waals surface area (Å²) in [6.45, 7) is 3.26. The molecule has 0 spiro atoms. The number of hydrogen-bond acceptors (Lipinski definition) is 8. The number of fused-ring (bicyclic) bond motifs is 1. The second kappa shape index (κ2) is 8.46. The lowest BCUT2D eigenvalue weighted by Crippen LogP contribution is -2.15. The molecule has 10 nitrogen and oxygen atoms in total. The number of hydrogen-bond donors (Lipinski definition) is 4. The highest BCUT2D eigenvalue weighted by Crippen LogP contribution is 2.30. The first-order valence-electron chi connectivity index (χ1n) is 9.90. The van der Waals surface area contributed by atoms with Gasteiger partial charge in [-0.15, -0.1) is 0 Å². The fourth-order valence-electron chi connectivity index (χ4n) is 3.15. The number of sulfonamides is 1. The first-order valence-corrected chi connectivity index (χ1v) is 13.0. The second-order valence-electron chi connectivity index (χ2n) is 7.54. The lowest BCUT2D eigenvalue weighted by molar-refractivity contribution is 0.587. The third-order valence-corrected chi connectivity index (χ3v) is 8.05. The number of nitrogens with zero attached hydrogens (tertiary/aromatic N) is 2. The van der Waals surface area contributed by atoms with Gasteiger partial charge in [-0.25, -0.2) is 27.0 Å². The average molecular weight is 487 g/mol. The molecule has 5 N–H and O–H groups in total. The van der Waals surface area contributed by atoms with Crippen molar-refractivity contribution in [1.82, 2.24) is 15.0 Å². The van der Waals surface area contributed by atoms with Gasteiger partial charge in [0, 0.05) is 11.9 Å². The van der Waals surface area contributed by atoms with Crippen LogP contribution in [0.3, 0.4) is 0 Å². The number of nitrogens with two attached hydrogens (primary N) is 1. The standard InChI is InChI=1S/C21H22N6O4S2/c1-13(2)32(28,29)18-6-4-3-5-16(18)25-20-19-17(11-12-23-19)26-21(27-20)24-14-7-9-15(10-8-14)33(22,30)31/h3-13,23H,1-2H3,(H2,22,30,31)(H2,24,25,26,27). The van der Waals surface area contributed by atoms with Crippen LogP contribution in [0, 0.1) is 0 Å². The second-order valence-corrected chi connectivity index (χ2v) is 11.6. The summed E-state index contributed by atoms with van der Waals surface area (Å²) >= 11 is 0. The largest absolute Gasteiger partial charge is 0.357 e. The highest BCUT2D eigenvalue weighted by Gasteiger charge is 2.23. The molecule has 4 aromatic rings. The molecule has 0 aliphatic rings. The molecule has 0 aliphatic heterocycles. The minimum absolute atomic E-state index is 0.0135. The third kappa shape index (κ3) is 4.67. The summed E-state index contributed by atoms with van der Waals surface area (Å²) in [7, 11) is -7.33. The molecule has 0 saturated carbocycles. The number of benzene rings is 2. The fourth-order valence-corrected chi connectivity index (χ4v) is 4.87. The molecule has 12 heteroatoms. The van der Waals surface area contributed by atoms with Crippen LogP contribution in [0.25, 0.3) is 11.0 Å². The van der Waals surface area contributed by atoms with Gasteiger partial charge in [0.25, 0.3) is 0 Å². The number of H-pyrrole nitrogens is 1. The van der Waals surface area contributed by atoms with Crippen LogP contribution in [0.2, 0.25) is 0 Å². The van der Waals surface area contributed by atoms with Gasteiger partial charge >= 0.3 is 0 Å². The Hall–Kier alpha value is -3.48. The maximum absolute atomic E-state index is 12.8. The Morgan fingerprint density at radius 3 is 2.27 bits per heavy atom. The predicted molar refractivity (Wildman–Crippen MR) is 127 cm³/mol. The van der Waals surface area contributed by atoms with Crippen LogP contribution in [0.15, 0.2) is 70.6 Å². The summed E-state index contributed by atoms with van der Waals surface area (Å²) in [5.41, 5.74) is 2.14. The Kier molecular flexibility index (Phi) is 5.82. The summed E-state index contributed by atoms with van der Waals surface area (Å²) in [6, 6.07) is 14.2. The van der Waals surface area contributed by atoms with Crippen molar-refractivity contribution in [2.45, 2.75) is 28.9 Å². The lowest BCUT2D eigenvalue weighted by atomic mass is 10.3. The number of anilines is 4. The predicted octanol–water partition coefficient (Wildman–Crippen LogP) is 3.27. The van der Waals surface area contributed by atoms with Crippen molar-refractivity contribution in [3.63, 3.8) is 0 Å². The fraction of sp³-hybridized carbons (Fsp3) is 0.143. The first kappa shape index (κ1) is 22.7. The molecule has 0 fully saturated rings. The molecule has 0 unspecified atom stereocenters. The van der Waals surface area contributed by atoms with Crippen LogP contribution in [0.5, 0.6) is 0 Å². The first-order chi connectivity index (χ1) is 15.6. The molecule has 33 heavy (non-hydrogen) atoms. The van der Waals surface area contributed by atoms with Crippen molar-refractivity contribution in [3.8, 4) is 0 Å². The zero-order chi connectivity index (χ0) is 23.8. The molecular formula is C21H22N6O4S2. The molecule has 0 saturated heterocycles. The molecule has 4 rings (SSSR count). The molecule has 2 heterocycles. The minimum Gasteiger partial charge on any atom is -0.357 e. The quantitative estimate of drug-likeness (QED) is 0.310. The van der Waals surface area contributed by atoms with E-state index in [-0.39, 0.29) is 15.7 Å². The maximum atomic E-state index is 12.8. The van der Waals surface area contributed by atoms with Crippen molar-refractivity contribution >= 4 is 54.0 Å². The van der Waals surface area contributed by atoms with E-state index in [1.54, 1.807) is 62.5 Å². The Labute approximate surface area is 191 Å². The van der Waals surface area contributed by atoms with Gasteiger partial charge in [-0.05, 0) is 56.3 Å². The Morgan fingerprint density at radius 1 is 0.909 bits per heavy atom. The van der Waals surface area contributed by atoms with Crippen LogP contribution >= 0.6 is 0 Å². The number of aromatic amines is 1. The Morgan fingerprint density at radius 2 is 1.61 bits per heavy atom. The molecule has 0 aliphatic carbocycles. The van der Waals surface area contributed by atoms with Crippen molar-refractivity contribution < 1.29 is 16.8 Å². The molecule has 2 aromatic heterocycles. The molecule has 2 aromatic carbocycles. The van der Waals surface area contributed by atoms with Crippen molar-refractivity contribution in [3.05, 3.63) is 60.8 Å². The van der Waals surface area contributed by atoms with Crippen molar-refractivity contribution in [1.29, 1.82) is 0 Å². The number of primary sulfonamides is 1. The third-order valence-electron chi connectivity index (χ3n) is 4.91. The van der Waals surface area contributed by atoms with Gasteiger partial charge in [0.15, 0.2) is 15.7 Å². The topological polar surface area (TPSA) is 160 Å². The van der Waals surface area contributed by atoms with E-state index in [1.807, 2.05) is 0 Å². The van der Waals surface area contributed by atoms with Crippen LogP contribution in [0.1, 0.15) is 13.8 Å². The molecule has 0 bridgehead atoms.